The maximum atomic E-state index is 12.6. The molecule has 1 aromatic rings. The summed E-state index contributed by atoms with van der Waals surface area (Å²) in [5.41, 5.74) is 7.12. The number of carbonyl (C=O) groups excluding carboxylic acids is 1. The second-order valence-electron chi connectivity index (χ2n) is 7.78. The van der Waals surface area contributed by atoms with Crippen LogP contribution in [0.1, 0.15) is 48.9 Å². The number of nitrogens with two attached hydrogens (primary N) is 1. The van der Waals surface area contributed by atoms with Crippen LogP contribution in [0.25, 0.3) is 0 Å². The van der Waals surface area contributed by atoms with Gasteiger partial charge in [-0.3, -0.25) is 9.69 Å². The molecule has 4 N–H and O–H groups in total. The Balaban J connectivity index is 0.000000343. The van der Waals surface area contributed by atoms with Crippen LogP contribution in [0, 0.1) is 0 Å². The number of aliphatic carboxylic acids is 2. The van der Waals surface area contributed by atoms with Gasteiger partial charge in [-0.25, -0.2) is 9.59 Å². The van der Waals surface area contributed by atoms with Gasteiger partial charge in [-0.05, 0) is 43.5 Å². The van der Waals surface area contributed by atoms with Gasteiger partial charge >= 0.3 is 11.9 Å². The van der Waals surface area contributed by atoms with Gasteiger partial charge in [0.05, 0.1) is 0 Å². The van der Waals surface area contributed by atoms with Gasteiger partial charge in [0.1, 0.15) is 0 Å². The number of hydrogen-bond donors (Lipinski definition) is 3. The Morgan fingerprint density at radius 2 is 1.57 bits per heavy atom. The van der Waals surface area contributed by atoms with Crippen molar-refractivity contribution in [3.05, 3.63) is 42.0 Å². The fraction of sp³-hybridized carbons (Fsp3) is 0.500. The number of carbonyl (C=O) groups is 3. The molecule has 164 valence electrons. The van der Waals surface area contributed by atoms with Crippen molar-refractivity contribution in [2.45, 2.75) is 50.6 Å². The van der Waals surface area contributed by atoms with E-state index in [1.165, 1.54) is 32.1 Å². The molecule has 0 radical (unpaired) electrons. The molecule has 8 heteroatoms. The van der Waals surface area contributed by atoms with Crippen molar-refractivity contribution >= 4 is 23.5 Å². The summed E-state index contributed by atoms with van der Waals surface area (Å²) in [6, 6.07) is 8.32. The van der Waals surface area contributed by atoms with Crippen molar-refractivity contribution in [1.82, 2.24) is 9.80 Å². The monoisotopic (exact) mass is 417 g/mol. The number of likely N-dealkylation sites (tertiary alicyclic amines) is 1. The largest absolute Gasteiger partial charge is 0.478 e. The number of nitrogen functional groups attached to an aromatic ring is 1. The van der Waals surface area contributed by atoms with E-state index in [0.717, 1.165) is 31.1 Å². The van der Waals surface area contributed by atoms with Gasteiger partial charge < -0.3 is 20.8 Å². The van der Waals surface area contributed by atoms with Crippen LogP contribution >= 0.6 is 0 Å². The van der Waals surface area contributed by atoms with Crippen molar-refractivity contribution in [2.75, 3.05) is 25.9 Å². The summed E-state index contributed by atoms with van der Waals surface area (Å²) in [4.78, 5) is 36.2. The first kappa shape index (κ1) is 23.4. The molecule has 1 aliphatic carbocycles. The molecule has 0 bridgehead atoms. The number of carboxylic acid groups (broad SMARTS) is 2. The molecule has 1 aliphatic heterocycles. The molecule has 0 aromatic heterocycles. The minimum absolute atomic E-state index is 0.107. The van der Waals surface area contributed by atoms with Crippen molar-refractivity contribution in [3.8, 4) is 0 Å². The molecule has 1 amide bonds. The van der Waals surface area contributed by atoms with Crippen molar-refractivity contribution in [1.29, 1.82) is 0 Å². The number of benzene rings is 1. The maximum Gasteiger partial charge on any atom is 0.328 e. The Labute approximate surface area is 177 Å². The standard InChI is InChI=1S/C18H27N3O.C4H4O4/c1-20(18(22)14-7-9-15(19)10-8-14)17-11-12-21(13-17)16-5-3-2-4-6-16;5-3(6)1-2-4(7)8/h7-10,16-17H,2-6,11-13,19H2,1H3;1-2H,(H,5,6)(H,7,8)/b;2-1+. The molecule has 1 saturated carbocycles. The summed E-state index contributed by atoms with van der Waals surface area (Å²) in [5, 5.41) is 15.6. The minimum atomic E-state index is -1.26. The molecule has 1 saturated heterocycles. The zero-order valence-electron chi connectivity index (χ0n) is 17.4. The Hall–Kier alpha value is -2.87. The van der Waals surface area contributed by atoms with Crippen LogP contribution in [0.5, 0.6) is 0 Å². The summed E-state index contributed by atoms with van der Waals surface area (Å²) in [6.07, 6.45) is 9.00. The van der Waals surface area contributed by atoms with Gasteiger partial charge in [0.2, 0.25) is 0 Å². The zero-order valence-corrected chi connectivity index (χ0v) is 17.4. The molecule has 1 heterocycles. The number of carboxylic acids is 2. The highest BCUT2D eigenvalue weighted by atomic mass is 16.4. The quantitative estimate of drug-likeness (QED) is 0.496. The Kier molecular flexibility index (Phi) is 8.86. The summed E-state index contributed by atoms with van der Waals surface area (Å²) in [7, 11) is 1.94. The van der Waals surface area contributed by atoms with Crippen LogP contribution in [0.4, 0.5) is 5.69 Å². The van der Waals surface area contributed by atoms with Gasteiger partial charge in [0.15, 0.2) is 0 Å². The molecule has 1 aromatic carbocycles. The van der Waals surface area contributed by atoms with E-state index in [9.17, 15) is 14.4 Å². The third-order valence-electron chi connectivity index (χ3n) is 5.68. The normalized spacial score (nSPS) is 19.8. The number of amides is 1. The minimum Gasteiger partial charge on any atom is -0.478 e. The molecule has 8 nitrogen and oxygen atoms in total. The Bertz CT molecular complexity index is 741. The fourth-order valence-electron chi connectivity index (χ4n) is 4.00. The Morgan fingerprint density at radius 3 is 2.10 bits per heavy atom. The van der Waals surface area contributed by atoms with Crippen LogP contribution in [0.15, 0.2) is 36.4 Å². The molecule has 1 atom stereocenters. The fourth-order valence-corrected chi connectivity index (χ4v) is 4.00. The van der Waals surface area contributed by atoms with Crippen molar-refractivity contribution in [2.24, 2.45) is 0 Å². The van der Waals surface area contributed by atoms with E-state index in [-0.39, 0.29) is 5.91 Å². The first-order valence-corrected chi connectivity index (χ1v) is 10.3. The molecule has 2 aliphatic rings. The lowest BCUT2D eigenvalue weighted by Crippen LogP contribution is -2.41. The second-order valence-corrected chi connectivity index (χ2v) is 7.78. The number of rotatable bonds is 5. The van der Waals surface area contributed by atoms with E-state index in [1.54, 1.807) is 12.1 Å². The number of likely N-dealkylation sites (N-methyl/N-ethyl adjacent to an activating group) is 1. The number of hydrogen-bond acceptors (Lipinski definition) is 5. The summed E-state index contributed by atoms with van der Waals surface area (Å²) < 4.78 is 0. The van der Waals surface area contributed by atoms with Gasteiger partial charge in [-0.1, -0.05) is 19.3 Å². The molecule has 1 unspecified atom stereocenters. The summed E-state index contributed by atoms with van der Waals surface area (Å²) in [5.74, 6) is -2.41. The smallest absolute Gasteiger partial charge is 0.328 e. The molecular formula is C22H31N3O5. The van der Waals surface area contributed by atoms with Crippen LogP contribution in [0.3, 0.4) is 0 Å². The van der Waals surface area contributed by atoms with Gasteiger partial charge in [-0.2, -0.15) is 0 Å². The van der Waals surface area contributed by atoms with E-state index in [2.05, 4.69) is 4.90 Å². The lowest BCUT2D eigenvalue weighted by Gasteiger charge is -2.32. The van der Waals surface area contributed by atoms with Crippen LogP contribution in [0.2, 0.25) is 0 Å². The molecule has 2 fully saturated rings. The number of anilines is 1. The third kappa shape index (κ3) is 7.18. The summed E-state index contributed by atoms with van der Waals surface area (Å²) in [6.45, 7) is 2.16. The predicted octanol–water partition coefficient (Wildman–Crippen LogP) is 2.46. The average Bonchev–Trinajstić information content (AvgIpc) is 3.23. The maximum absolute atomic E-state index is 12.6. The molecule has 30 heavy (non-hydrogen) atoms. The van der Waals surface area contributed by atoms with E-state index < -0.39 is 11.9 Å². The number of nitrogens with zero attached hydrogens (tertiary/aromatic N) is 2. The second kappa shape index (κ2) is 11.3. The van der Waals surface area contributed by atoms with E-state index in [1.807, 2.05) is 24.1 Å². The van der Waals surface area contributed by atoms with Crippen molar-refractivity contribution < 1.29 is 24.6 Å². The van der Waals surface area contributed by atoms with E-state index >= 15 is 0 Å². The highest BCUT2D eigenvalue weighted by molar-refractivity contribution is 5.94. The highest BCUT2D eigenvalue weighted by Crippen LogP contribution is 2.27. The lowest BCUT2D eigenvalue weighted by molar-refractivity contribution is -0.134. The van der Waals surface area contributed by atoms with Gasteiger partial charge in [-0.15, -0.1) is 0 Å². The van der Waals surface area contributed by atoms with Crippen LogP contribution < -0.4 is 5.73 Å². The third-order valence-corrected chi connectivity index (χ3v) is 5.68. The SMILES string of the molecule is CN(C(=O)c1ccc(N)cc1)C1CCN(C2CCCCC2)C1.O=C(O)/C=C/C(=O)O. The first-order valence-electron chi connectivity index (χ1n) is 10.3. The van der Waals surface area contributed by atoms with Crippen molar-refractivity contribution in [3.63, 3.8) is 0 Å². The van der Waals surface area contributed by atoms with Crippen LogP contribution in [-0.4, -0.2) is 70.1 Å². The van der Waals surface area contributed by atoms with Gasteiger partial charge in [0.25, 0.3) is 5.91 Å². The Morgan fingerprint density at radius 1 is 1.00 bits per heavy atom. The lowest BCUT2D eigenvalue weighted by atomic mass is 9.94. The highest BCUT2D eigenvalue weighted by Gasteiger charge is 2.32. The van der Waals surface area contributed by atoms with Crippen LogP contribution in [-0.2, 0) is 9.59 Å². The molecule has 0 spiro atoms. The van der Waals surface area contributed by atoms with Gasteiger partial charge in [0, 0.05) is 55.6 Å². The van der Waals surface area contributed by atoms with E-state index in [4.69, 9.17) is 15.9 Å². The first-order chi connectivity index (χ1) is 14.3. The van der Waals surface area contributed by atoms with E-state index in [0.29, 0.717) is 23.9 Å². The predicted molar refractivity (Wildman–Crippen MR) is 114 cm³/mol. The average molecular weight is 418 g/mol. The topological polar surface area (TPSA) is 124 Å². The molecular weight excluding hydrogens is 386 g/mol. The zero-order chi connectivity index (χ0) is 22.1. The summed E-state index contributed by atoms with van der Waals surface area (Å²) >= 11 is 0. The molecule has 3 rings (SSSR count).